The molecule has 1 saturated heterocycles. The lowest BCUT2D eigenvalue weighted by Crippen LogP contribution is -2.58. The molecule has 2 aromatic rings. The summed E-state index contributed by atoms with van der Waals surface area (Å²) in [6.45, 7) is 3.29. The molecule has 0 aromatic heterocycles. The van der Waals surface area contributed by atoms with Crippen LogP contribution in [0.2, 0.25) is 0 Å². The third-order valence-electron chi connectivity index (χ3n) is 4.93. The van der Waals surface area contributed by atoms with Gasteiger partial charge in [0, 0.05) is 36.2 Å². The Kier molecular flexibility index (Phi) is 7.14. The molecule has 3 aliphatic heterocycles. The van der Waals surface area contributed by atoms with Crippen LogP contribution in [0.3, 0.4) is 0 Å². The number of hydrogen-bond acceptors (Lipinski definition) is 2. The van der Waals surface area contributed by atoms with Gasteiger partial charge in [-0.1, -0.05) is 52.3 Å². The van der Waals surface area contributed by atoms with E-state index in [-0.39, 0.29) is 24.8 Å². The third kappa shape index (κ3) is 4.33. The first-order chi connectivity index (χ1) is 10.8. The van der Waals surface area contributed by atoms with Gasteiger partial charge in [-0.2, -0.15) is 0 Å². The average molecular weight is 430 g/mol. The number of hydrogen-bond donors (Lipinski definition) is 1. The van der Waals surface area contributed by atoms with Crippen molar-refractivity contribution in [2.45, 2.75) is 31.5 Å². The second-order valence-electron chi connectivity index (χ2n) is 6.50. The van der Waals surface area contributed by atoms with E-state index >= 15 is 0 Å². The first-order valence-corrected chi connectivity index (χ1v) is 8.86. The SMILES string of the molecule is Brc1cccc(CN2CC3Cc4ccccc4CC2CN3)c1.Cl.Cl. The summed E-state index contributed by atoms with van der Waals surface area (Å²) in [5, 5.41) is 3.74. The van der Waals surface area contributed by atoms with Gasteiger partial charge in [-0.25, -0.2) is 0 Å². The summed E-state index contributed by atoms with van der Waals surface area (Å²) in [6, 6.07) is 18.8. The highest BCUT2D eigenvalue weighted by molar-refractivity contribution is 9.10. The van der Waals surface area contributed by atoms with Gasteiger partial charge in [0.1, 0.15) is 0 Å². The summed E-state index contributed by atoms with van der Waals surface area (Å²) < 4.78 is 1.17. The second kappa shape index (κ2) is 8.68. The van der Waals surface area contributed by atoms with Crippen LogP contribution in [0.25, 0.3) is 0 Å². The lowest BCUT2D eigenvalue weighted by molar-refractivity contribution is 0.116. The Hall–Kier alpha value is -0.580. The molecule has 3 heterocycles. The molecule has 24 heavy (non-hydrogen) atoms. The van der Waals surface area contributed by atoms with Crippen molar-refractivity contribution >= 4 is 40.7 Å². The number of nitrogens with one attached hydrogen (secondary N) is 1. The maximum Gasteiger partial charge on any atom is 0.0265 e. The van der Waals surface area contributed by atoms with Crippen molar-refractivity contribution < 1.29 is 0 Å². The van der Waals surface area contributed by atoms with Crippen LogP contribution in [0.15, 0.2) is 53.0 Å². The smallest absolute Gasteiger partial charge is 0.0265 e. The van der Waals surface area contributed by atoms with E-state index < -0.39 is 0 Å². The maximum absolute atomic E-state index is 3.74. The molecule has 1 N–H and O–H groups in total. The Morgan fingerprint density at radius 1 is 1.00 bits per heavy atom. The standard InChI is InChI=1S/C19H21BrN2.2ClH/c20-17-7-3-4-14(8-17)12-22-13-18-9-15-5-1-2-6-16(15)10-19(22)11-21-18;;/h1-8,18-19,21H,9-13H2;2*1H. The van der Waals surface area contributed by atoms with E-state index in [0.717, 1.165) is 32.5 Å². The van der Waals surface area contributed by atoms with Crippen LogP contribution >= 0.6 is 40.7 Å². The lowest BCUT2D eigenvalue weighted by atomic mass is 9.89. The Labute approximate surface area is 165 Å². The van der Waals surface area contributed by atoms with E-state index in [1.807, 2.05) is 0 Å². The molecule has 2 nitrogen and oxygen atoms in total. The molecule has 5 rings (SSSR count). The molecule has 3 aliphatic rings. The lowest BCUT2D eigenvalue weighted by Gasteiger charge is -2.43. The molecule has 2 unspecified atom stereocenters. The van der Waals surface area contributed by atoms with Crippen LogP contribution in [-0.2, 0) is 19.4 Å². The largest absolute Gasteiger partial charge is 0.311 e. The monoisotopic (exact) mass is 428 g/mol. The summed E-state index contributed by atoms with van der Waals surface area (Å²) in [4.78, 5) is 2.67. The number of benzene rings is 2. The zero-order valence-corrected chi connectivity index (χ0v) is 16.7. The number of rotatable bonds is 2. The van der Waals surface area contributed by atoms with Crippen molar-refractivity contribution in [2.24, 2.45) is 0 Å². The molecule has 130 valence electrons. The van der Waals surface area contributed by atoms with E-state index in [1.54, 1.807) is 0 Å². The van der Waals surface area contributed by atoms with E-state index in [9.17, 15) is 0 Å². The first-order valence-electron chi connectivity index (χ1n) is 8.06. The zero-order chi connectivity index (χ0) is 14.9. The number of halogens is 3. The second-order valence-corrected chi connectivity index (χ2v) is 7.41. The highest BCUT2D eigenvalue weighted by Crippen LogP contribution is 2.24. The van der Waals surface area contributed by atoms with Gasteiger partial charge >= 0.3 is 0 Å². The van der Waals surface area contributed by atoms with Crippen LogP contribution in [0.1, 0.15) is 16.7 Å². The third-order valence-corrected chi connectivity index (χ3v) is 5.42. The van der Waals surface area contributed by atoms with Crippen molar-refractivity contribution in [3.8, 4) is 0 Å². The maximum atomic E-state index is 3.74. The Balaban J connectivity index is 0.00000104. The number of nitrogens with zero attached hydrogens (tertiary/aromatic N) is 1. The van der Waals surface area contributed by atoms with Crippen LogP contribution in [-0.4, -0.2) is 30.1 Å². The molecule has 0 saturated carbocycles. The van der Waals surface area contributed by atoms with Gasteiger partial charge < -0.3 is 5.32 Å². The van der Waals surface area contributed by atoms with Crippen LogP contribution in [0.4, 0.5) is 0 Å². The van der Waals surface area contributed by atoms with Gasteiger partial charge in [0.25, 0.3) is 0 Å². The van der Waals surface area contributed by atoms with Crippen molar-refractivity contribution in [1.29, 1.82) is 0 Å². The molecular weight excluding hydrogens is 407 g/mol. The molecule has 0 amide bonds. The molecule has 2 aromatic carbocycles. The van der Waals surface area contributed by atoms with E-state index in [2.05, 4.69) is 74.7 Å². The summed E-state index contributed by atoms with van der Waals surface area (Å²) in [6.07, 6.45) is 2.31. The quantitative estimate of drug-likeness (QED) is 0.768. The fraction of sp³-hybridized carbons (Fsp3) is 0.368. The molecule has 2 bridgehead atoms. The van der Waals surface area contributed by atoms with Gasteiger partial charge in [0.2, 0.25) is 0 Å². The molecule has 5 heteroatoms. The van der Waals surface area contributed by atoms with Crippen molar-refractivity contribution in [1.82, 2.24) is 10.2 Å². The van der Waals surface area contributed by atoms with Crippen molar-refractivity contribution in [3.63, 3.8) is 0 Å². The Morgan fingerprint density at radius 2 is 1.75 bits per heavy atom. The highest BCUT2D eigenvalue weighted by Gasteiger charge is 2.31. The topological polar surface area (TPSA) is 15.3 Å². The molecular formula is C19H23BrCl2N2. The molecule has 0 radical (unpaired) electrons. The summed E-state index contributed by atoms with van der Waals surface area (Å²) >= 11 is 3.59. The first kappa shape index (κ1) is 19.7. The Morgan fingerprint density at radius 3 is 2.50 bits per heavy atom. The van der Waals surface area contributed by atoms with Gasteiger partial charge in [-0.15, -0.1) is 24.8 Å². The minimum Gasteiger partial charge on any atom is -0.311 e. The highest BCUT2D eigenvalue weighted by atomic mass is 79.9. The minimum atomic E-state index is 0. The summed E-state index contributed by atoms with van der Waals surface area (Å²) in [5.41, 5.74) is 4.47. The number of fused-ring (bicyclic) bond motifs is 2. The predicted octanol–water partition coefficient (Wildman–Crippen LogP) is 4.23. The fourth-order valence-corrected chi connectivity index (χ4v) is 4.25. The van der Waals surface area contributed by atoms with Gasteiger partial charge in [0.05, 0.1) is 0 Å². The zero-order valence-electron chi connectivity index (χ0n) is 13.5. The van der Waals surface area contributed by atoms with Gasteiger partial charge in [0.15, 0.2) is 0 Å². The molecule has 1 fully saturated rings. The van der Waals surface area contributed by atoms with Gasteiger partial charge in [-0.3, -0.25) is 4.90 Å². The van der Waals surface area contributed by atoms with Gasteiger partial charge in [-0.05, 0) is 41.7 Å². The summed E-state index contributed by atoms with van der Waals surface area (Å²) in [5.74, 6) is 0. The van der Waals surface area contributed by atoms with Crippen LogP contribution in [0, 0.1) is 0 Å². The number of piperazine rings is 1. The molecule has 0 spiro atoms. The fourth-order valence-electron chi connectivity index (χ4n) is 3.81. The molecule has 0 aliphatic carbocycles. The predicted molar refractivity (Wildman–Crippen MR) is 108 cm³/mol. The normalized spacial score (nSPS) is 22.5. The van der Waals surface area contributed by atoms with Crippen molar-refractivity contribution in [3.05, 3.63) is 69.7 Å². The average Bonchev–Trinajstić information content (AvgIpc) is 2.48. The minimum absolute atomic E-state index is 0. The van der Waals surface area contributed by atoms with Crippen LogP contribution in [0.5, 0.6) is 0 Å². The van der Waals surface area contributed by atoms with Crippen LogP contribution < -0.4 is 5.32 Å². The summed E-state index contributed by atoms with van der Waals surface area (Å²) in [7, 11) is 0. The van der Waals surface area contributed by atoms with E-state index in [0.29, 0.717) is 12.1 Å². The molecule has 2 atom stereocenters. The Bertz CT molecular complexity index is 680. The van der Waals surface area contributed by atoms with E-state index in [1.165, 1.54) is 21.2 Å². The van der Waals surface area contributed by atoms with Crippen molar-refractivity contribution in [2.75, 3.05) is 13.1 Å². The van der Waals surface area contributed by atoms with E-state index in [4.69, 9.17) is 0 Å².